The minimum Gasteiger partial charge on any atom is -0.367 e. The first-order valence-electron chi connectivity index (χ1n) is 8.89. The number of aromatic nitrogens is 1. The first kappa shape index (κ1) is 16.4. The first-order valence-corrected chi connectivity index (χ1v) is 8.89. The summed E-state index contributed by atoms with van der Waals surface area (Å²) >= 11 is 0. The van der Waals surface area contributed by atoms with E-state index in [9.17, 15) is 9.59 Å². The van der Waals surface area contributed by atoms with Crippen molar-refractivity contribution in [1.82, 2.24) is 9.47 Å². The summed E-state index contributed by atoms with van der Waals surface area (Å²) in [5.74, 6) is -0.535. The Hall–Kier alpha value is -3.02. The number of benzene rings is 2. The average Bonchev–Trinajstić information content (AvgIpc) is 3.21. The third-order valence-corrected chi connectivity index (χ3v) is 5.62. The summed E-state index contributed by atoms with van der Waals surface area (Å²) < 4.78 is 2.24. The van der Waals surface area contributed by atoms with E-state index >= 15 is 0 Å². The van der Waals surface area contributed by atoms with E-state index in [0.717, 1.165) is 33.9 Å². The number of carbonyl (C=O) groups is 2. The van der Waals surface area contributed by atoms with Crippen molar-refractivity contribution in [3.05, 3.63) is 48.0 Å². The molecule has 6 heteroatoms. The van der Waals surface area contributed by atoms with E-state index in [4.69, 9.17) is 11.5 Å². The van der Waals surface area contributed by atoms with Crippen molar-refractivity contribution in [2.45, 2.75) is 31.8 Å². The van der Waals surface area contributed by atoms with Crippen LogP contribution in [0.15, 0.2) is 42.5 Å². The number of nitrogens with zero attached hydrogens (tertiary/aromatic N) is 2. The van der Waals surface area contributed by atoms with Crippen molar-refractivity contribution in [3.63, 3.8) is 0 Å². The number of aryl methyl sites for hydroxylation is 1. The quantitative estimate of drug-likeness (QED) is 0.760. The van der Waals surface area contributed by atoms with Gasteiger partial charge in [0.15, 0.2) is 0 Å². The Bertz CT molecular complexity index is 1040. The Morgan fingerprint density at radius 2 is 1.81 bits per heavy atom. The number of likely N-dealkylation sites (tertiary alicyclic amines) is 1. The molecule has 1 atom stereocenters. The summed E-state index contributed by atoms with van der Waals surface area (Å²) in [5.41, 5.74) is 13.1. The highest BCUT2D eigenvalue weighted by molar-refractivity contribution is 6.08. The fraction of sp³-hybridized carbons (Fsp3) is 0.300. The van der Waals surface area contributed by atoms with Gasteiger partial charge in [-0.25, -0.2) is 4.79 Å². The van der Waals surface area contributed by atoms with Gasteiger partial charge in [0.25, 0.3) is 0 Å². The molecule has 1 saturated heterocycles. The summed E-state index contributed by atoms with van der Waals surface area (Å²) in [7, 11) is 0. The molecule has 6 nitrogen and oxygen atoms in total. The maximum atomic E-state index is 12.5. The molecular formula is C20H22N4O2. The summed E-state index contributed by atoms with van der Waals surface area (Å²) in [6.45, 7) is 3.39. The molecule has 4 N–H and O–H groups in total. The monoisotopic (exact) mass is 350 g/mol. The van der Waals surface area contributed by atoms with Gasteiger partial charge in [0.05, 0.1) is 0 Å². The zero-order valence-electron chi connectivity index (χ0n) is 14.7. The van der Waals surface area contributed by atoms with Gasteiger partial charge in [-0.15, -0.1) is 0 Å². The van der Waals surface area contributed by atoms with Crippen LogP contribution in [0.5, 0.6) is 0 Å². The molecule has 1 unspecified atom stereocenters. The van der Waals surface area contributed by atoms with E-state index in [1.807, 2.05) is 30.3 Å². The van der Waals surface area contributed by atoms with Gasteiger partial charge < -0.3 is 20.9 Å². The van der Waals surface area contributed by atoms with Crippen LogP contribution in [0.25, 0.3) is 21.8 Å². The average molecular weight is 350 g/mol. The van der Waals surface area contributed by atoms with Gasteiger partial charge in [-0.3, -0.25) is 4.79 Å². The Labute approximate surface area is 151 Å². The molecule has 1 aliphatic rings. The van der Waals surface area contributed by atoms with Crippen LogP contribution in [-0.4, -0.2) is 28.0 Å². The van der Waals surface area contributed by atoms with E-state index < -0.39 is 17.5 Å². The molecule has 134 valence electrons. The highest BCUT2D eigenvalue weighted by Crippen LogP contribution is 2.41. The fourth-order valence-electron chi connectivity index (χ4n) is 4.47. The van der Waals surface area contributed by atoms with Crippen LogP contribution in [0.3, 0.4) is 0 Å². The Morgan fingerprint density at radius 3 is 2.50 bits per heavy atom. The van der Waals surface area contributed by atoms with E-state index in [1.165, 1.54) is 4.90 Å². The van der Waals surface area contributed by atoms with Gasteiger partial charge in [-0.05, 0) is 43.5 Å². The second kappa shape index (κ2) is 5.76. The van der Waals surface area contributed by atoms with Crippen LogP contribution in [-0.2, 0) is 16.9 Å². The largest absolute Gasteiger partial charge is 0.367 e. The molecule has 0 aliphatic carbocycles. The summed E-state index contributed by atoms with van der Waals surface area (Å²) in [4.78, 5) is 25.8. The van der Waals surface area contributed by atoms with Crippen molar-refractivity contribution < 1.29 is 9.59 Å². The highest BCUT2D eigenvalue weighted by Gasteiger charge is 2.49. The van der Waals surface area contributed by atoms with Gasteiger partial charge in [-0.1, -0.05) is 24.3 Å². The molecule has 1 aliphatic heterocycles. The summed E-state index contributed by atoms with van der Waals surface area (Å²) in [5, 5.41) is 2.17. The number of fused-ring (bicyclic) bond motifs is 3. The molecule has 3 amide bonds. The van der Waals surface area contributed by atoms with Crippen molar-refractivity contribution >= 4 is 33.7 Å². The van der Waals surface area contributed by atoms with Crippen LogP contribution in [0.4, 0.5) is 4.79 Å². The third kappa shape index (κ3) is 2.05. The molecule has 0 radical (unpaired) electrons. The Morgan fingerprint density at radius 1 is 1.08 bits per heavy atom. The van der Waals surface area contributed by atoms with E-state index in [0.29, 0.717) is 19.4 Å². The number of primary amides is 2. The van der Waals surface area contributed by atoms with Crippen molar-refractivity contribution in [3.8, 4) is 0 Å². The number of nitrogens with two attached hydrogens (primary N) is 2. The van der Waals surface area contributed by atoms with E-state index in [2.05, 4.69) is 23.6 Å². The van der Waals surface area contributed by atoms with Gasteiger partial charge in [0.1, 0.15) is 5.54 Å². The van der Waals surface area contributed by atoms with E-state index in [1.54, 1.807) is 0 Å². The standard InChI is InChI=1S/C20H22N4O2/c1-2-23-16-7-4-3-6-14(16)15-12-13(8-9-17(15)23)20(18(21)25)10-5-11-24(20)19(22)26/h3-4,6-9,12H,2,5,10-11H2,1H3,(H2,21,25)(H2,22,26). The first-order chi connectivity index (χ1) is 12.5. The number of rotatable bonds is 3. The number of hydrogen-bond donors (Lipinski definition) is 2. The molecule has 1 aromatic heterocycles. The summed E-state index contributed by atoms with van der Waals surface area (Å²) in [6, 6.07) is 13.5. The smallest absolute Gasteiger partial charge is 0.315 e. The van der Waals surface area contributed by atoms with Gasteiger partial charge in [0.2, 0.25) is 5.91 Å². The molecule has 2 heterocycles. The molecule has 3 aromatic rings. The second-order valence-electron chi connectivity index (χ2n) is 6.81. The normalized spacial score (nSPS) is 20.1. The fourth-order valence-corrected chi connectivity index (χ4v) is 4.47. The topological polar surface area (TPSA) is 94.3 Å². The number of para-hydroxylation sites is 1. The molecule has 26 heavy (non-hydrogen) atoms. The number of urea groups is 1. The maximum Gasteiger partial charge on any atom is 0.315 e. The van der Waals surface area contributed by atoms with Crippen LogP contribution >= 0.6 is 0 Å². The maximum absolute atomic E-state index is 12.5. The summed E-state index contributed by atoms with van der Waals surface area (Å²) in [6.07, 6.45) is 1.18. The van der Waals surface area contributed by atoms with Crippen LogP contribution < -0.4 is 11.5 Å². The molecule has 0 spiro atoms. The predicted octanol–water partition coefficient (Wildman–Crippen LogP) is 2.67. The molecule has 2 aromatic carbocycles. The van der Waals surface area contributed by atoms with Crippen LogP contribution in [0, 0.1) is 0 Å². The van der Waals surface area contributed by atoms with Crippen LogP contribution in [0.1, 0.15) is 25.3 Å². The molecule has 0 bridgehead atoms. The number of hydrogen-bond acceptors (Lipinski definition) is 2. The van der Waals surface area contributed by atoms with Gasteiger partial charge in [-0.2, -0.15) is 0 Å². The zero-order chi connectivity index (χ0) is 18.5. The highest BCUT2D eigenvalue weighted by atomic mass is 16.2. The van der Waals surface area contributed by atoms with Gasteiger partial charge >= 0.3 is 6.03 Å². The minimum absolute atomic E-state index is 0.438. The van der Waals surface area contributed by atoms with Crippen molar-refractivity contribution in [2.24, 2.45) is 11.5 Å². The van der Waals surface area contributed by atoms with Gasteiger partial charge in [0, 0.05) is 34.9 Å². The van der Waals surface area contributed by atoms with E-state index in [-0.39, 0.29) is 0 Å². The minimum atomic E-state index is -1.17. The molecule has 4 rings (SSSR count). The van der Waals surface area contributed by atoms with Crippen molar-refractivity contribution in [1.29, 1.82) is 0 Å². The number of carbonyl (C=O) groups excluding carboxylic acids is 2. The lowest BCUT2D eigenvalue weighted by atomic mass is 9.85. The molecule has 1 fully saturated rings. The number of amides is 3. The predicted molar refractivity (Wildman–Crippen MR) is 102 cm³/mol. The second-order valence-corrected chi connectivity index (χ2v) is 6.81. The molecular weight excluding hydrogens is 328 g/mol. The Balaban J connectivity index is 2.01. The Kier molecular flexibility index (Phi) is 3.64. The lowest BCUT2D eigenvalue weighted by Gasteiger charge is -2.35. The molecule has 0 saturated carbocycles. The zero-order valence-corrected chi connectivity index (χ0v) is 14.7. The SMILES string of the molecule is CCn1c2ccccc2c2cc(C3(C(N)=O)CCCN3C(N)=O)ccc21. The lowest BCUT2D eigenvalue weighted by Crippen LogP contribution is -2.55. The third-order valence-electron chi connectivity index (χ3n) is 5.62. The lowest BCUT2D eigenvalue weighted by molar-refractivity contribution is -0.127. The van der Waals surface area contributed by atoms with Crippen LogP contribution in [0.2, 0.25) is 0 Å². The van der Waals surface area contributed by atoms with Crippen molar-refractivity contribution in [2.75, 3.05) is 6.54 Å².